The van der Waals surface area contributed by atoms with Crippen LogP contribution in [0.15, 0.2) is 48.5 Å². The highest BCUT2D eigenvalue weighted by Gasteiger charge is 2.29. The third kappa shape index (κ3) is 5.65. The molecule has 2 heterocycles. The number of anilines is 1. The molecule has 0 aromatic heterocycles. The number of imide groups is 1. The Morgan fingerprint density at radius 2 is 1.65 bits per heavy atom. The molecule has 0 bridgehead atoms. The van der Waals surface area contributed by atoms with Gasteiger partial charge >= 0.3 is 6.03 Å². The van der Waals surface area contributed by atoms with Gasteiger partial charge in [0.15, 0.2) is 0 Å². The monoisotopic (exact) mass is 438 g/mol. The van der Waals surface area contributed by atoms with Gasteiger partial charge in [-0.2, -0.15) is 0 Å². The molecule has 4 rings (SSSR count). The van der Waals surface area contributed by atoms with Gasteiger partial charge in [-0.05, 0) is 54.8 Å². The smallest absolute Gasteiger partial charge is 0.319 e. The molecule has 4 amide bonds. The molecule has 0 atom stereocenters. The van der Waals surface area contributed by atoms with Gasteiger partial charge in [0.25, 0.3) is 5.24 Å². The molecule has 0 unspecified atom stereocenters. The van der Waals surface area contributed by atoms with Crippen molar-refractivity contribution in [3.63, 3.8) is 0 Å². The summed E-state index contributed by atoms with van der Waals surface area (Å²) in [7, 11) is 0. The molecule has 2 aromatic rings. The van der Waals surface area contributed by atoms with Crippen LogP contribution >= 0.6 is 11.8 Å². The van der Waals surface area contributed by atoms with Gasteiger partial charge in [-0.25, -0.2) is 4.79 Å². The predicted octanol–water partition coefficient (Wildman–Crippen LogP) is 3.80. The van der Waals surface area contributed by atoms with Crippen molar-refractivity contribution in [1.29, 1.82) is 0 Å². The molecule has 2 N–H and O–H groups in total. The number of nitrogens with one attached hydrogen (secondary N) is 2. The van der Waals surface area contributed by atoms with Gasteiger partial charge in [-0.3, -0.25) is 19.4 Å². The highest BCUT2D eigenvalue weighted by molar-refractivity contribution is 8.14. The van der Waals surface area contributed by atoms with Crippen molar-refractivity contribution in [3.8, 4) is 0 Å². The second-order valence-electron chi connectivity index (χ2n) is 7.79. The van der Waals surface area contributed by atoms with E-state index in [1.54, 1.807) is 12.1 Å². The van der Waals surface area contributed by atoms with Crippen LogP contribution < -0.4 is 10.6 Å². The number of carbonyl (C=O) groups excluding carboxylic acids is 3. The van der Waals surface area contributed by atoms with E-state index in [9.17, 15) is 14.4 Å². The van der Waals surface area contributed by atoms with Gasteiger partial charge in [0, 0.05) is 18.8 Å². The first-order chi connectivity index (χ1) is 15.1. The van der Waals surface area contributed by atoms with Crippen molar-refractivity contribution in [2.45, 2.75) is 32.5 Å². The minimum Gasteiger partial charge on any atom is -0.334 e. The number of amides is 4. The zero-order chi connectivity index (χ0) is 21.6. The molecule has 8 heteroatoms. The van der Waals surface area contributed by atoms with Crippen LogP contribution in [0, 0.1) is 0 Å². The van der Waals surface area contributed by atoms with E-state index < -0.39 is 0 Å². The number of carbonyl (C=O) groups is 3. The van der Waals surface area contributed by atoms with E-state index in [1.807, 2.05) is 24.3 Å². The van der Waals surface area contributed by atoms with E-state index in [4.69, 9.17) is 0 Å². The molecule has 162 valence electrons. The van der Waals surface area contributed by atoms with Crippen molar-refractivity contribution in [2.24, 2.45) is 0 Å². The Kier molecular flexibility index (Phi) is 6.89. The lowest BCUT2D eigenvalue weighted by Gasteiger charge is -2.18. The molecular formula is C23H26N4O3S. The van der Waals surface area contributed by atoms with E-state index in [2.05, 4.69) is 27.7 Å². The first-order valence-electron chi connectivity index (χ1n) is 10.5. The molecule has 0 radical (unpaired) electrons. The summed E-state index contributed by atoms with van der Waals surface area (Å²) in [5.74, 6) is 0.0429. The first-order valence-corrected chi connectivity index (χ1v) is 11.5. The topological polar surface area (TPSA) is 81.8 Å². The summed E-state index contributed by atoms with van der Waals surface area (Å²) in [4.78, 5) is 39.5. The summed E-state index contributed by atoms with van der Waals surface area (Å²) in [5, 5.41) is 5.55. The van der Waals surface area contributed by atoms with Crippen LogP contribution in [0.4, 0.5) is 15.3 Å². The highest BCUT2D eigenvalue weighted by Crippen LogP contribution is 2.22. The van der Waals surface area contributed by atoms with Crippen molar-refractivity contribution in [1.82, 2.24) is 15.1 Å². The fraction of sp³-hybridized carbons (Fsp3) is 0.348. The summed E-state index contributed by atoms with van der Waals surface area (Å²) >= 11 is 1.03. The molecular weight excluding hydrogens is 412 g/mol. The van der Waals surface area contributed by atoms with Gasteiger partial charge in [-0.15, -0.1) is 0 Å². The van der Waals surface area contributed by atoms with E-state index in [0.29, 0.717) is 12.2 Å². The minimum atomic E-state index is -0.273. The Labute approximate surface area is 186 Å². The Morgan fingerprint density at radius 3 is 2.32 bits per heavy atom. The van der Waals surface area contributed by atoms with Crippen molar-refractivity contribution >= 4 is 34.6 Å². The quantitative estimate of drug-likeness (QED) is 0.687. The number of hydrogen-bond acceptors (Lipinski definition) is 5. The maximum Gasteiger partial charge on any atom is 0.319 e. The summed E-state index contributed by atoms with van der Waals surface area (Å²) in [5.41, 5.74) is 3.86. The summed E-state index contributed by atoms with van der Waals surface area (Å²) in [6.45, 7) is 3.91. The van der Waals surface area contributed by atoms with Gasteiger partial charge in [0.1, 0.15) is 0 Å². The lowest BCUT2D eigenvalue weighted by molar-refractivity contribution is -0.125. The van der Waals surface area contributed by atoms with Crippen molar-refractivity contribution < 1.29 is 14.4 Å². The molecule has 2 aliphatic rings. The van der Waals surface area contributed by atoms with E-state index in [-0.39, 0.29) is 29.5 Å². The summed E-state index contributed by atoms with van der Waals surface area (Å²) in [6, 6.07) is 15.1. The van der Waals surface area contributed by atoms with Gasteiger partial charge in [-0.1, -0.05) is 48.2 Å². The largest absolute Gasteiger partial charge is 0.334 e. The first kappa shape index (κ1) is 21.4. The standard InChI is InChI=1S/C23H26N4O3S/c28-21-16-31-23(30)27(21)14-17-7-9-20(10-8-17)25-22(29)24-13-18-5-1-2-6-19(18)15-26-11-3-4-12-26/h1-2,5-10H,3-4,11-16H2,(H2,24,25,29). The Balaban J connectivity index is 1.28. The van der Waals surface area contributed by atoms with Crippen LogP contribution in [0.5, 0.6) is 0 Å². The molecule has 0 aliphatic carbocycles. The third-order valence-electron chi connectivity index (χ3n) is 5.54. The fourth-order valence-corrected chi connectivity index (χ4v) is 4.55. The zero-order valence-corrected chi connectivity index (χ0v) is 18.1. The van der Waals surface area contributed by atoms with Crippen LogP contribution in [-0.4, -0.2) is 45.8 Å². The van der Waals surface area contributed by atoms with Crippen LogP contribution in [-0.2, 0) is 24.4 Å². The number of thioether (sulfide) groups is 1. The lowest BCUT2D eigenvalue weighted by atomic mass is 10.1. The van der Waals surface area contributed by atoms with Gasteiger partial charge in [0.2, 0.25) is 5.91 Å². The summed E-state index contributed by atoms with van der Waals surface area (Å²) < 4.78 is 0. The van der Waals surface area contributed by atoms with E-state index in [0.717, 1.165) is 42.5 Å². The molecule has 31 heavy (non-hydrogen) atoms. The molecule has 7 nitrogen and oxygen atoms in total. The van der Waals surface area contributed by atoms with Crippen molar-refractivity contribution in [2.75, 3.05) is 24.2 Å². The molecule has 2 aliphatic heterocycles. The van der Waals surface area contributed by atoms with Crippen LogP contribution in [0.1, 0.15) is 29.5 Å². The average molecular weight is 439 g/mol. The average Bonchev–Trinajstić information content (AvgIpc) is 3.40. The van der Waals surface area contributed by atoms with Gasteiger partial charge in [0.05, 0.1) is 12.3 Å². The second-order valence-corrected chi connectivity index (χ2v) is 8.72. The Morgan fingerprint density at radius 1 is 0.935 bits per heavy atom. The van der Waals surface area contributed by atoms with Crippen molar-refractivity contribution in [3.05, 3.63) is 65.2 Å². The Hall–Kier alpha value is -2.84. The maximum absolute atomic E-state index is 12.4. The lowest BCUT2D eigenvalue weighted by Crippen LogP contribution is -2.29. The summed E-state index contributed by atoms with van der Waals surface area (Å²) in [6.07, 6.45) is 2.51. The third-order valence-corrected chi connectivity index (χ3v) is 6.40. The number of benzene rings is 2. The Bertz CT molecular complexity index is 942. The number of nitrogens with zero attached hydrogens (tertiary/aromatic N) is 2. The van der Waals surface area contributed by atoms with Gasteiger partial charge < -0.3 is 10.6 Å². The highest BCUT2D eigenvalue weighted by atomic mass is 32.2. The molecule has 2 saturated heterocycles. The number of hydrogen-bond donors (Lipinski definition) is 2. The maximum atomic E-state index is 12.4. The fourth-order valence-electron chi connectivity index (χ4n) is 3.83. The van der Waals surface area contributed by atoms with E-state index >= 15 is 0 Å². The zero-order valence-electron chi connectivity index (χ0n) is 17.3. The SMILES string of the molecule is O=C(NCc1ccccc1CN1CCCC1)Nc1ccc(CN2C(=O)CSC2=O)cc1. The minimum absolute atomic E-state index is 0.165. The number of rotatable bonds is 7. The predicted molar refractivity (Wildman–Crippen MR) is 122 cm³/mol. The normalized spacial score (nSPS) is 16.7. The molecule has 0 saturated carbocycles. The molecule has 0 spiro atoms. The number of urea groups is 1. The van der Waals surface area contributed by atoms with Crippen LogP contribution in [0.25, 0.3) is 0 Å². The molecule has 2 aromatic carbocycles. The van der Waals surface area contributed by atoms with Crippen LogP contribution in [0.2, 0.25) is 0 Å². The number of likely N-dealkylation sites (tertiary alicyclic amines) is 1. The van der Waals surface area contributed by atoms with E-state index in [1.165, 1.54) is 23.3 Å². The second kappa shape index (κ2) is 9.98. The van der Waals surface area contributed by atoms with Crippen LogP contribution in [0.3, 0.4) is 0 Å². The molecule has 2 fully saturated rings.